The number of amides is 1. The molecule has 0 radical (unpaired) electrons. The number of furan rings is 1. The lowest BCUT2D eigenvalue weighted by Crippen LogP contribution is -2.40. The number of benzene rings is 1. The number of sulfonamides is 1. The van der Waals surface area contributed by atoms with E-state index in [1.807, 2.05) is 0 Å². The van der Waals surface area contributed by atoms with Gasteiger partial charge in [0, 0.05) is 31.2 Å². The first-order valence-corrected chi connectivity index (χ1v) is 11.0. The predicted octanol–water partition coefficient (Wildman–Crippen LogP) is 2.45. The molecule has 1 saturated heterocycles. The normalized spacial score (nSPS) is 15.2. The van der Waals surface area contributed by atoms with Gasteiger partial charge in [0.2, 0.25) is 10.0 Å². The molecule has 11 heteroatoms. The van der Waals surface area contributed by atoms with Gasteiger partial charge in [-0.3, -0.25) is 9.48 Å². The molecule has 9 nitrogen and oxygen atoms in total. The van der Waals surface area contributed by atoms with E-state index in [1.54, 1.807) is 35.3 Å². The first kappa shape index (κ1) is 20.6. The van der Waals surface area contributed by atoms with Crippen molar-refractivity contribution in [3.05, 3.63) is 65.3 Å². The quantitative estimate of drug-likeness (QED) is 0.618. The van der Waals surface area contributed by atoms with Crippen LogP contribution in [0.2, 0.25) is 5.02 Å². The lowest BCUT2D eigenvalue weighted by Gasteiger charge is -2.26. The van der Waals surface area contributed by atoms with Crippen LogP contribution >= 0.6 is 11.6 Å². The van der Waals surface area contributed by atoms with E-state index in [0.29, 0.717) is 31.2 Å². The van der Waals surface area contributed by atoms with Crippen LogP contribution in [0.3, 0.4) is 0 Å². The van der Waals surface area contributed by atoms with Gasteiger partial charge in [-0.2, -0.15) is 9.40 Å². The maximum atomic E-state index is 12.9. The third-order valence-corrected chi connectivity index (χ3v) is 6.92. The average molecular weight is 451 g/mol. The smallest absolute Gasteiger partial charge is 0.291 e. The minimum atomic E-state index is -3.80. The Morgan fingerprint density at radius 1 is 1.20 bits per heavy atom. The van der Waals surface area contributed by atoms with Crippen molar-refractivity contribution in [1.82, 2.24) is 14.1 Å². The highest BCUT2D eigenvalue weighted by atomic mass is 35.5. The van der Waals surface area contributed by atoms with Crippen LogP contribution in [0, 0.1) is 0 Å². The molecule has 30 heavy (non-hydrogen) atoms. The van der Waals surface area contributed by atoms with E-state index in [2.05, 4.69) is 10.4 Å². The van der Waals surface area contributed by atoms with Gasteiger partial charge >= 0.3 is 0 Å². The molecule has 158 valence electrons. The molecule has 0 bridgehead atoms. The van der Waals surface area contributed by atoms with Crippen molar-refractivity contribution in [1.29, 1.82) is 0 Å². The Hall–Kier alpha value is -2.66. The summed E-state index contributed by atoms with van der Waals surface area (Å²) in [5.41, 5.74) is 0.293. The van der Waals surface area contributed by atoms with Crippen molar-refractivity contribution in [3.8, 4) is 0 Å². The van der Waals surface area contributed by atoms with Gasteiger partial charge in [-0.1, -0.05) is 11.6 Å². The molecule has 0 aliphatic carbocycles. The van der Waals surface area contributed by atoms with Crippen LogP contribution in [-0.2, 0) is 21.3 Å². The van der Waals surface area contributed by atoms with E-state index in [0.717, 1.165) is 0 Å². The molecule has 1 aromatic carbocycles. The molecule has 1 fully saturated rings. The van der Waals surface area contributed by atoms with E-state index in [-0.39, 0.29) is 28.8 Å². The second-order valence-electron chi connectivity index (χ2n) is 6.59. The van der Waals surface area contributed by atoms with Crippen LogP contribution in [-0.4, -0.2) is 54.7 Å². The molecule has 4 rings (SSSR count). The number of aromatic nitrogens is 2. The summed E-state index contributed by atoms with van der Waals surface area (Å²) in [7, 11) is -3.80. The van der Waals surface area contributed by atoms with Gasteiger partial charge in [-0.15, -0.1) is 0 Å². The molecule has 0 saturated carbocycles. The largest absolute Gasteiger partial charge is 0.454 e. The number of nitrogens with zero attached hydrogens (tertiary/aromatic N) is 3. The zero-order chi connectivity index (χ0) is 21.1. The number of morpholine rings is 1. The number of anilines is 1. The monoisotopic (exact) mass is 450 g/mol. The van der Waals surface area contributed by atoms with Crippen molar-refractivity contribution < 1.29 is 22.4 Å². The SMILES string of the molecule is O=C(Nc1ccc(Cl)c(S(=O)(=O)N2CCOCC2)c1)c1ccc(Cn2cccn2)o1. The highest BCUT2D eigenvalue weighted by Crippen LogP contribution is 2.28. The van der Waals surface area contributed by atoms with E-state index in [1.165, 1.54) is 22.5 Å². The minimum absolute atomic E-state index is 0.0670. The number of halogens is 1. The third-order valence-electron chi connectivity index (χ3n) is 4.54. The van der Waals surface area contributed by atoms with Gasteiger partial charge < -0.3 is 14.5 Å². The summed E-state index contributed by atoms with van der Waals surface area (Å²) in [5.74, 6) is 0.166. The molecule has 0 spiro atoms. The molecule has 3 heterocycles. The summed E-state index contributed by atoms with van der Waals surface area (Å²) in [6.07, 6.45) is 3.44. The van der Waals surface area contributed by atoms with E-state index in [9.17, 15) is 13.2 Å². The molecule has 0 unspecified atom stereocenters. The molecule has 1 aliphatic heterocycles. The fourth-order valence-electron chi connectivity index (χ4n) is 3.04. The Morgan fingerprint density at radius 3 is 2.73 bits per heavy atom. The third kappa shape index (κ3) is 4.41. The van der Waals surface area contributed by atoms with Gasteiger partial charge in [-0.25, -0.2) is 8.42 Å². The van der Waals surface area contributed by atoms with Crippen LogP contribution < -0.4 is 5.32 Å². The van der Waals surface area contributed by atoms with E-state index in [4.69, 9.17) is 20.8 Å². The Labute approximate surface area is 178 Å². The summed E-state index contributed by atoms with van der Waals surface area (Å²) in [5, 5.41) is 6.82. The second-order valence-corrected chi connectivity index (χ2v) is 8.90. The predicted molar refractivity (Wildman–Crippen MR) is 109 cm³/mol. The summed E-state index contributed by atoms with van der Waals surface area (Å²) >= 11 is 6.15. The molecule has 1 aliphatic rings. The van der Waals surface area contributed by atoms with Crippen molar-refractivity contribution in [2.75, 3.05) is 31.6 Å². The number of nitrogens with one attached hydrogen (secondary N) is 1. The highest BCUT2D eigenvalue weighted by Gasteiger charge is 2.28. The number of carbonyl (C=O) groups is 1. The lowest BCUT2D eigenvalue weighted by molar-refractivity contribution is 0.0730. The van der Waals surface area contributed by atoms with Crippen molar-refractivity contribution in [3.63, 3.8) is 0 Å². The van der Waals surface area contributed by atoms with Crippen LogP contribution in [0.15, 0.2) is 58.1 Å². The number of carbonyl (C=O) groups excluding carboxylic acids is 1. The molecule has 1 amide bonds. The Morgan fingerprint density at radius 2 is 2.00 bits per heavy atom. The number of ether oxygens (including phenoxy) is 1. The van der Waals surface area contributed by atoms with E-state index >= 15 is 0 Å². The Kier molecular flexibility index (Phi) is 5.91. The van der Waals surface area contributed by atoms with Crippen molar-refractivity contribution in [2.24, 2.45) is 0 Å². The summed E-state index contributed by atoms with van der Waals surface area (Å²) in [6.45, 7) is 1.55. The Balaban J connectivity index is 1.50. The molecule has 2 aromatic heterocycles. The second kappa shape index (κ2) is 8.60. The average Bonchev–Trinajstić information content (AvgIpc) is 3.42. The first-order chi connectivity index (χ1) is 14.4. The zero-order valence-corrected chi connectivity index (χ0v) is 17.4. The summed E-state index contributed by atoms with van der Waals surface area (Å²) in [6, 6.07) is 9.35. The first-order valence-electron chi connectivity index (χ1n) is 9.18. The van der Waals surface area contributed by atoms with Crippen LogP contribution in [0.1, 0.15) is 16.3 Å². The molecular weight excluding hydrogens is 432 g/mol. The molecule has 1 N–H and O–H groups in total. The number of rotatable bonds is 6. The lowest BCUT2D eigenvalue weighted by atomic mass is 10.3. The molecule has 0 atom stereocenters. The highest BCUT2D eigenvalue weighted by molar-refractivity contribution is 7.89. The zero-order valence-electron chi connectivity index (χ0n) is 15.8. The topological polar surface area (TPSA) is 107 Å². The molecular formula is C19H19ClN4O5S. The van der Waals surface area contributed by atoms with Gasteiger partial charge in [-0.05, 0) is 36.4 Å². The fraction of sp³-hybridized carbons (Fsp3) is 0.263. The van der Waals surface area contributed by atoms with Crippen molar-refractivity contribution >= 4 is 33.2 Å². The van der Waals surface area contributed by atoms with Gasteiger partial charge in [0.15, 0.2) is 5.76 Å². The van der Waals surface area contributed by atoms with Gasteiger partial charge in [0.1, 0.15) is 10.7 Å². The minimum Gasteiger partial charge on any atom is -0.454 e. The molecule has 3 aromatic rings. The van der Waals surface area contributed by atoms with Gasteiger partial charge in [0.05, 0.1) is 24.8 Å². The maximum absolute atomic E-state index is 12.9. The maximum Gasteiger partial charge on any atom is 0.291 e. The van der Waals surface area contributed by atoms with E-state index < -0.39 is 15.9 Å². The standard InChI is InChI=1S/C19H19ClN4O5S/c20-16-4-2-14(12-18(16)30(26,27)24-8-10-28-11-9-24)22-19(25)17-5-3-15(29-17)13-23-7-1-6-21-23/h1-7,12H,8-11,13H2,(H,22,25). The van der Waals surface area contributed by atoms with Crippen LogP contribution in [0.4, 0.5) is 5.69 Å². The van der Waals surface area contributed by atoms with Crippen LogP contribution in [0.5, 0.6) is 0 Å². The van der Waals surface area contributed by atoms with Gasteiger partial charge in [0.25, 0.3) is 5.91 Å². The Bertz CT molecular complexity index is 1140. The van der Waals surface area contributed by atoms with Crippen molar-refractivity contribution in [2.45, 2.75) is 11.4 Å². The van der Waals surface area contributed by atoms with Crippen LogP contribution in [0.25, 0.3) is 0 Å². The number of hydrogen-bond donors (Lipinski definition) is 1. The fourth-order valence-corrected chi connectivity index (χ4v) is 4.94. The number of hydrogen-bond acceptors (Lipinski definition) is 6. The summed E-state index contributed by atoms with van der Waals surface area (Å²) in [4.78, 5) is 12.5. The summed E-state index contributed by atoms with van der Waals surface area (Å²) < 4.78 is 39.6.